The van der Waals surface area contributed by atoms with Gasteiger partial charge < -0.3 is 4.57 Å². The van der Waals surface area contributed by atoms with Crippen LogP contribution in [0, 0.1) is 0 Å². The topological polar surface area (TPSA) is 67.1 Å². The summed E-state index contributed by atoms with van der Waals surface area (Å²) < 4.78 is 1.99. The maximum Gasteiger partial charge on any atom is 0.183 e. The molecule has 1 aliphatic rings. The third kappa shape index (κ3) is 1.42. The van der Waals surface area contributed by atoms with Gasteiger partial charge in [-0.3, -0.25) is 5.21 Å². The fraction of sp³-hybridized carbons (Fsp3) is 0.417. The molecule has 3 heterocycles. The van der Waals surface area contributed by atoms with Crippen LogP contribution in [0.15, 0.2) is 24.8 Å². The van der Waals surface area contributed by atoms with Gasteiger partial charge in [0.05, 0.1) is 11.9 Å². The van der Waals surface area contributed by atoms with E-state index >= 15 is 0 Å². The van der Waals surface area contributed by atoms with Gasteiger partial charge in [0.2, 0.25) is 0 Å². The maximum absolute atomic E-state index is 10.5. The Bertz CT molecular complexity index is 620. The van der Waals surface area contributed by atoms with Crippen molar-refractivity contribution in [3.63, 3.8) is 0 Å². The lowest BCUT2D eigenvalue weighted by Crippen LogP contribution is -2.43. The van der Waals surface area contributed by atoms with E-state index in [2.05, 4.69) is 15.0 Å². The minimum absolute atomic E-state index is 0.463. The molecule has 94 valence electrons. The zero-order valence-electron chi connectivity index (χ0n) is 10.4. The minimum atomic E-state index is -0.463. The molecule has 0 bridgehead atoms. The fourth-order valence-electron chi connectivity index (χ4n) is 2.43. The van der Waals surface area contributed by atoms with Crippen LogP contribution in [0.25, 0.3) is 11.2 Å². The second kappa shape index (κ2) is 3.78. The van der Waals surface area contributed by atoms with Crippen LogP contribution in [0.3, 0.4) is 0 Å². The first-order valence-electron chi connectivity index (χ1n) is 5.94. The van der Waals surface area contributed by atoms with Gasteiger partial charge in [0, 0.05) is 6.54 Å². The summed E-state index contributed by atoms with van der Waals surface area (Å²) in [5, 5.41) is 11.7. The molecule has 0 saturated carbocycles. The molecule has 1 atom stereocenters. The Kier molecular flexibility index (Phi) is 2.34. The van der Waals surface area contributed by atoms with Crippen LogP contribution in [-0.4, -0.2) is 30.3 Å². The molecule has 0 aliphatic carbocycles. The Labute approximate surface area is 105 Å². The number of allylic oxidation sites excluding steroid dienone is 1. The molecule has 0 radical (unpaired) electrons. The van der Waals surface area contributed by atoms with Crippen LogP contribution >= 0.6 is 0 Å². The molecule has 0 fully saturated rings. The van der Waals surface area contributed by atoms with Gasteiger partial charge in [-0.05, 0) is 20.3 Å². The molecule has 6 nitrogen and oxygen atoms in total. The van der Waals surface area contributed by atoms with Gasteiger partial charge in [0.15, 0.2) is 11.5 Å². The van der Waals surface area contributed by atoms with Gasteiger partial charge in [-0.1, -0.05) is 12.2 Å². The fourth-order valence-corrected chi connectivity index (χ4v) is 2.43. The van der Waals surface area contributed by atoms with Crippen molar-refractivity contribution < 1.29 is 5.21 Å². The summed E-state index contributed by atoms with van der Waals surface area (Å²) in [6.07, 6.45) is 7.88. The number of aromatic nitrogens is 4. The molecular weight excluding hydrogens is 230 g/mol. The molecule has 0 amide bonds. The highest BCUT2D eigenvalue weighted by Crippen LogP contribution is 2.33. The van der Waals surface area contributed by atoms with Crippen LogP contribution in [-0.2, 0) is 6.54 Å². The zero-order chi connectivity index (χ0) is 12.8. The Balaban J connectivity index is 2.24. The van der Waals surface area contributed by atoms with Crippen molar-refractivity contribution in [1.29, 1.82) is 0 Å². The lowest BCUT2D eigenvalue weighted by Gasteiger charge is -2.33. The number of nitrogens with zero attached hydrogens (tertiary/aromatic N) is 5. The Morgan fingerprint density at radius 2 is 2.22 bits per heavy atom. The van der Waals surface area contributed by atoms with E-state index in [9.17, 15) is 5.21 Å². The summed E-state index contributed by atoms with van der Waals surface area (Å²) in [6.45, 7) is 4.71. The van der Waals surface area contributed by atoms with Crippen LogP contribution in [0.2, 0.25) is 0 Å². The van der Waals surface area contributed by atoms with Gasteiger partial charge >= 0.3 is 0 Å². The van der Waals surface area contributed by atoms with E-state index in [1.54, 1.807) is 6.33 Å². The average Bonchev–Trinajstić information content (AvgIpc) is 2.74. The smallest absolute Gasteiger partial charge is 0.183 e. The predicted octanol–water partition coefficient (Wildman–Crippen LogP) is 1.76. The summed E-state index contributed by atoms with van der Waals surface area (Å²) in [5.74, 6) is 0.510. The summed E-state index contributed by atoms with van der Waals surface area (Å²) in [5.41, 5.74) is 0.937. The van der Waals surface area contributed by atoms with E-state index in [1.807, 2.05) is 30.6 Å². The number of anilines is 1. The quantitative estimate of drug-likeness (QED) is 0.775. The van der Waals surface area contributed by atoms with Gasteiger partial charge in [0.25, 0.3) is 0 Å². The van der Waals surface area contributed by atoms with Crippen molar-refractivity contribution in [3.8, 4) is 0 Å². The van der Waals surface area contributed by atoms with Gasteiger partial charge in [0.1, 0.15) is 11.8 Å². The predicted molar refractivity (Wildman–Crippen MR) is 67.4 cm³/mol. The molecule has 3 rings (SSSR count). The van der Waals surface area contributed by atoms with Gasteiger partial charge in [-0.15, -0.1) is 0 Å². The van der Waals surface area contributed by atoms with Gasteiger partial charge in [-0.25, -0.2) is 20.0 Å². The molecule has 18 heavy (non-hydrogen) atoms. The highest BCUT2D eigenvalue weighted by atomic mass is 16.5. The van der Waals surface area contributed by atoms with Crippen LogP contribution in [0.5, 0.6) is 0 Å². The van der Waals surface area contributed by atoms with Crippen molar-refractivity contribution >= 4 is 17.0 Å². The normalized spacial score (nSPS) is 23.8. The van der Waals surface area contributed by atoms with Crippen LogP contribution in [0.4, 0.5) is 5.82 Å². The average molecular weight is 245 g/mol. The molecule has 0 spiro atoms. The van der Waals surface area contributed by atoms with E-state index in [4.69, 9.17) is 0 Å². The highest BCUT2D eigenvalue weighted by molar-refractivity contribution is 5.83. The first kappa shape index (κ1) is 11.2. The van der Waals surface area contributed by atoms with E-state index in [0.29, 0.717) is 11.5 Å². The van der Waals surface area contributed by atoms with E-state index in [0.717, 1.165) is 18.5 Å². The molecule has 1 N–H and O–H groups in total. The number of aryl methyl sites for hydroxylation is 1. The van der Waals surface area contributed by atoms with Crippen LogP contribution in [0.1, 0.15) is 20.3 Å². The lowest BCUT2D eigenvalue weighted by molar-refractivity contribution is 0.178. The third-order valence-electron chi connectivity index (χ3n) is 3.46. The van der Waals surface area contributed by atoms with Gasteiger partial charge in [-0.2, -0.15) is 0 Å². The summed E-state index contributed by atoms with van der Waals surface area (Å²) >= 11 is 0. The first-order chi connectivity index (χ1) is 8.65. The molecule has 0 aromatic carbocycles. The van der Waals surface area contributed by atoms with E-state index in [-0.39, 0.29) is 0 Å². The van der Waals surface area contributed by atoms with Crippen molar-refractivity contribution in [2.24, 2.45) is 0 Å². The molecule has 1 unspecified atom stereocenters. The number of hydroxylamine groups is 1. The molecule has 2 aromatic rings. The Morgan fingerprint density at radius 1 is 1.39 bits per heavy atom. The molecule has 1 aliphatic heterocycles. The van der Waals surface area contributed by atoms with Crippen molar-refractivity contribution in [2.75, 3.05) is 5.06 Å². The standard InChI is InChI=1S/C12H15N5O/c1-3-4-12(2)5-6-16-8-15-10-9(16)11(17(12)18)14-7-13-10/h3-4,7-8,18H,5-6H2,1-2H3/b4-3+. The summed E-state index contributed by atoms with van der Waals surface area (Å²) in [4.78, 5) is 12.5. The largest absolute Gasteiger partial charge is 0.326 e. The first-order valence-corrected chi connectivity index (χ1v) is 5.94. The minimum Gasteiger partial charge on any atom is -0.326 e. The molecule has 0 saturated heterocycles. The second-order valence-corrected chi connectivity index (χ2v) is 4.73. The highest BCUT2D eigenvalue weighted by Gasteiger charge is 2.34. The zero-order valence-corrected chi connectivity index (χ0v) is 10.4. The number of hydrogen-bond donors (Lipinski definition) is 1. The Morgan fingerprint density at radius 3 is 3.00 bits per heavy atom. The number of imidazole rings is 1. The number of hydrogen-bond acceptors (Lipinski definition) is 5. The van der Waals surface area contributed by atoms with E-state index < -0.39 is 5.54 Å². The summed E-state index contributed by atoms with van der Waals surface area (Å²) in [7, 11) is 0. The van der Waals surface area contributed by atoms with Crippen molar-refractivity contribution in [3.05, 3.63) is 24.8 Å². The maximum atomic E-state index is 10.5. The summed E-state index contributed by atoms with van der Waals surface area (Å²) in [6, 6.07) is 0. The second-order valence-electron chi connectivity index (χ2n) is 4.73. The number of rotatable bonds is 1. The third-order valence-corrected chi connectivity index (χ3v) is 3.46. The molecule has 6 heteroatoms. The molecule has 2 aromatic heterocycles. The lowest BCUT2D eigenvalue weighted by atomic mass is 9.97. The van der Waals surface area contributed by atoms with E-state index in [1.165, 1.54) is 11.4 Å². The van der Waals surface area contributed by atoms with Crippen molar-refractivity contribution in [1.82, 2.24) is 19.5 Å². The van der Waals surface area contributed by atoms with Crippen molar-refractivity contribution in [2.45, 2.75) is 32.4 Å². The molecular formula is C12H15N5O. The monoisotopic (exact) mass is 245 g/mol. The SMILES string of the molecule is C/C=C/C1(C)CCn2cnc3ncnc(c32)N1O. The van der Waals surface area contributed by atoms with Crippen LogP contribution < -0.4 is 5.06 Å². The Hall–Kier alpha value is -1.95.